The molecule has 2 N–H and O–H groups in total. The quantitative estimate of drug-likeness (QED) is 0.689. The van der Waals surface area contributed by atoms with Crippen molar-refractivity contribution in [3.8, 4) is 0 Å². The lowest BCUT2D eigenvalue weighted by atomic mass is 9.82. The van der Waals surface area contributed by atoms with Crippen molar-refractivity contribution >= 4 is 16.9 Å². The van der Waals surface area contributed by atoms with Gasteiger partial charge >= 0.3 is 0 Å². The lowest BCUT2D eigenvalue weighted by Crippen LogP contribution is -2.36. The van der Waals surface area contributed by atoms with E-state index in [4.69, 9.17) is 0 Å². The molecule has 1 atom stereocenters. The van der Waals surface area contributed by atoms with Gasteiger partial charge in [0.15, 0.2) is 5.82 Å². The van der Waals surface area contributed by atoms with E-state index in [1.54, 1.807) is 18.2 Å². The van der Waals surface area contributed by atoms with Gasteiger partial charge in [-0.25, -0.2) is 13.8 Å². The van der Waals surface area contributed by atoms with Crippen molar-refractivity contribution in [3.63, 3.8) is 0 Å². The van der Waals surface area contributed by atoms with Crippen molar-refractivity contribution in [1.29, 1.82) is 0 Å². The molecule has 1 unspecified atom stereocenters. The summed E-state index contributed by atoms with van der Waals surface area (Å²) in [7, 11) is 0. The molecule has 4 nitrogen and oxygen atoms in total. The number of fused-ring (bicyclic) bond motifs is 1. The molecule has 0 spiro atoms. The van der Waals surface area contributed by atoms with E-state index in [1.165, 1.54) is 0 Å². The molecule has 6 heteroatoms. The number of aromatic amines is 1. The number of halogens is 2. The molecule has 0 fully saturated rings. The summed E-state index contributed by atoms with van der Waals surface area (Å²) in [4.78, 5) is 19.2. The second kappa shape index (κ2) is 6.86. The first-order chi connectivity index (χ1) is 12.3. The number of carbonyl (C=O) groups excluding carboxylic acids is 1. The van der Waals surface area contributed by atoms with Crippen molar-refractivity contribution in [2.45, 2.75) is 33.2 Å². The van der Waals surface area contributed by atoms with Crippen LogP contribution < -0.4 is 5.32 Å². The molecule has 0 bridgehead atoms. The SMILES string of the molecule is CC(C)(C)C(NC(=O)c1ccc2nc(C(F)F)[nH]c2c1)c1ccccc1. The van der Waals surface area contributed by atoms with E-state index < -0.39 is 12.2 Å². The molecule has 26 heavy (non-hydrogen) atoms. The molecule has 1 amide bonds. The summed E-state index contributed by atoms with van der Waals surface area (Å²) in [6, 6.07) is 14.3. The van der Waals surface area contributed by atoms with Crippen molar-refractivity contribution < 1.29 is 13.6 Å². The van der Waals surface area contributed by atoms with E-state index in [2.05, 4.69) is 36.1 Å². The maximum Gasteiger partial charge on any atom is 0.295 e. The van der Waals surface area contributed by atoms with E-state index >= 15 is 0 Å². The number of hydrogen-bond acceptors (Lipinski definition) is 2. The van der Waals surface area contributed by atoms with E-state index in [1.807, 2.05) is 30.3 Å². The Bertz CT molecular complexity index is 914. The first-order valence-electron chi connectivity index (χ1n) is 8.39. The average Bonchev–Trinajstić information content (AvgIpc) is 3.02. The molecular formula is C20H21F2N3O. The number of nitrogens with zero attached hydrogens (tertiary/aromatic N) is 1. The van der Waals surface area contributed by atoms with Crippen LogP contribution in [0.3, 0.4) is 0 Å². The molecule has 136 valence electrons. The zero-order valence-corrected chi connectivity index (χ0v) is 14.9. The van der Waals surface area contributed by atoms with Crippen LogP contribution in [0, 0.1) is 5.41 Å². The Hall–Kier alpha value is -2.76. The van der Waals surface area contributed by atoms with Crippen LogP contribution in [0.25, 0.3) is 11.0 Å². The fraction of sp³-hybridized carbons (Fsp3) is 0.300. The minimum atomic E-state index is -2.68. The molecule has 0 saturated carbocycles. The zero-order chi connectivity index (χ0) is 18.9. The van der Waals surface area contributed by atoms with Gasteiger partial charge in [0.1, 0.15) is 0 Å². The highest BCUT2D eigenvalue weighted by Crippen LogP contribution is 2.33. The summed E-state index contributed by atoms with van der Waals surface area (Å²) in [6.45, 7) is 6.16. The first-order valence-corrected chi connectivity index (χ1v) is 8.39. The van der Waals surface area contributed by atoms with Gasteiger partial charge in [-0.05, 0) is 29.2 Å². The summed E-state index contributed by atoms with van der Waals surface area (Å²) >= 11 is 0. The molecule has 3 rings (SSSR count). The number of carbonyl (C=O) groups is 1. The van der Waals surface area contributed by atoms with E-state index in [-0.39, 0.29) is 17.4 Å². The standard InChI is InChI=1S/C20H21F2N3O/c1-20(2,3)16(12-7-5-4-6-8-12)25-19(26)13-9-10-14-15(11-13)24-18(23-14)17(21)22/h4-11,16-17H,1-3H3,(H,23,24)(H,25,26). The first kappa shape index (κ1) is 18.0. The Morgan fingerprint density at radius 2 is 1.81 bits per heavy atom. The Morgan fingerprint density at radius 1 is 1.12 bits per heavy atom. The number of alkyl halides is 2. The average molecular weight is 357 g/mol. The number of rotatable bonds is 4. The number of imidazole rings is 1. The van der Waals surface area contributed by atoms with Crippen molar-refractivity contribution in [1.82, 2.24) is 15.3 Å². The van der Waals surface area contributed by atoms with Crippen LogP contribution in [0.4, 0.5) is 8.78 Å². The number of nitrogens with one attached hydrogen (secondary N) is 2. The highest BCUT2D eigenvalue weighted by molar-refractivity contribution is 5.97. The Kier molecular flexibility index (Phi) is 4.76. The van der Waals surface area contributed by atoms with Gasteiger partial charge in [0.2, 0.25) is 0 Å². The van der Waals surface area contributed by atoms with Gasteiger partial charge < -0.3 is 10.3 Å². The Balaban J connectivity index is 1.89. The molecule has 1 heterocycles. The molecule has 0 saturated heterocycles. The highest BCUT2D eigenvalue weighted by Gasteiger charge is 2.28. The molecule has 2 aromatic carbocycles. The molecule has 0 radical (unpaired) electrons. The number of benzene rings is 2. The summed E-state index contributed by atoms with van der Waals surface area (Å²) in [5.74, 6) is -0.654. The normalized spacial score (nSPS) is 13.2. The Labute approximate surface area is 150 Å². The summed E-state index contributed by atoms with van der Waals surface area (Å²) in [5.41, 5.74) is 2.04. The van der Waals surface area contributed by atoms with Crippen molar-refractivity contribution in [2.75, 3.05) is 0 Å². The molecule has 0 aliphatic carbocycles. The molecule has 3 aromatic rings. The third-order valence-corrected chi connectivity index (χ3v) is 4.24. The monoisotopic (exact) mass is 357 g/mol. The summed E-state index contributed by atoms with van der Waals surface area (Å²) in [6.07, 6.45) is -2.68. The largest absolute Gasteiger partial charge is 0.345 e. The van der Waals surface area contributed by atoms with Gasteiger partial charge in [0.25, 0.3) is 12.3 Å². The van der Waals surface area contributed by atoms with Crippen LogP contribution in [0.2, 0.25) is 0 Å². The van der Waals surface area contributed by atoms with E-state index in [0.717, 1.165) is 5.56 Å². The predicted octanol–water partition coefficient (Wildman–Crippen LogP) is 5.02. The van der Waals surface area contributed by atoms with Gasteiger partial charge in [-0.15, -0.1) is 0 Å². The van der Waals surface area contributed by atoms with Crippen molar-refractivity contribution in [3.05, 3.63) is 65.5 Å². The lowest BCUT2D eigenvalue weighted by molar-refractivity contribution is 0.0902. The fourth-order valence-electron chi connectivity index (χ4n) is 2.93. The number of amides is 1. The smallest absolute Gasteiger partial charge is 0.295 e. The summed E-state index contributed by atoms with van der Waals surface area (Å²) < 4.78 is 25.6. The second-order valence-electron chi connectivity index (χ2n) is 7.34. The minimum absolute atomic E-state index is 0.190. The number of aromatic nitrogens is 2. The lowest BCUT2D eigenvalue weighted by Gasteiger charge is -2.32. The van der Waals surface area contributed by atoms with Crippen LogP contribution in [0.1, 0.15) is 55.0 Å². The summed E-state index contributed by atoms with van der Waals surface area (Å²) in [5, 5.41) is 3.06. The predicted molar refractivity (Wildman–Crippen MR) is 97.2 cm³/mol. The molecule has 1 aromatic heterocycles. The van der Waals surface area contributed by atoms with Gasteiger partial charge in [0.05, 0.1) is 17.1 Å². The van der Waals surface area contributed by atoms with E-state index in [0.29, 0.717) is 16.6 Å². The van der Waals surface area contributed by atoms with Crippen LogP contribution in [-0.4, -0.2) is 15.9 Å². The van der Waals surface area contributed by atoms with Gasteiger partial charge in [-0.2, -0.15) is 0 Å². The Morgan fingerprint density at radius 3 is 2.42 bits per heavy atom. The molecule has 0 aliphatic rings. The zero-order valence-electron chi connectivity index (χ0n) is 14.9. The van der Waals surface area contributed by atoms with Gasteiger partial charge in [-0.3, -0.25) is 4.79 Å². The van der Waals surface area contributed by atoms with Crippen molar-refractivity contribution in [2.24, 2.45) is 5.41 Å². The molecular weight excluding hydrogens is 336 g/mol. The minimum Gasteiger partial charge on any atom is -0.345 e. The second-order valence-corrected chi connectivity index (χ2v) is 7.34. The van der Waals surface area contributed by atoms with E-state index in [9.17, 15) is 13.6 Å². The third kappa shape index (κ3) is 3.74. The van der Waals surface area contributed by atoms with Crippen LogP contribution in [-0.2, 0) is 0 Å². The van der Waals surface area contributed by atoms with Crippen LogP contribution >= 0.6 is 0 Å². The van der Waals surface area contributed by atoms with Gasteiger partial charge in [-0.1, -0.05) is 51.1 Å². The van der Waals surface area contributed by atoms with Crippen LogP contribution in [0.15, 0.2) is 48.5 Å². The van der Waals surface area contributed by atoms with Crippen LogP contribution in [0.5, 0.6) is 0 Å². The maximum absolute atomic E-state index is 12.8. The topological polar surface area (TPSA) is 57.8 Å². The number of H-pyrrole nitrogens is 1. The highest BCUT2D eigenvalue weighted by atomic mass is 19.3. The molecule has 0 aliphatic heterocycles. The maximum atomic E-state index is 12.8. The fourth-order valence-corrected chi connectivity index (χ4v) is 2.93. The van der Waals surface area contributed by atoms with Gasteiger partial charge in [0, 0.05) is 5.56 Å². The third-order valence-electron chi connectivity index (χ3n) is 4.24. The number of hydrogen-bond donors (Lipinski definition) is 2.